The van der Waals surface area contributed by atoms with Crippen molar-refractivity contribution < 1.29 is 9.90 Å². The first-order valence-corrected chi connectivity index (χ1v) is 10.6. The number of aryl methyl sites for hydroxylation is 1. The third-order valence-corrected chi connectivity index (χ3v) is 5.92. The van der Waals surface area contributed by atoms with Gasteiger partial charge in [-0.15, -0.1) is 11.3 Å². The van der Waals surface area contributed by atoms with Gasteiger partial charge in [-0.1, -0.05) is 29.8 Å². The maximum Gasteiger partial charge on any atom is 0.355 e. The van der Waals surface area contributed by atoms with Crippen LogP contribution >= 0.6 is 22.9 Å². The Morgan fingerprint density at radius 1 is 1.26 bits per heavy atom. The van der Waals surface area contributed by atoms with Gasteiger partial charge in [0.05, 0.1) is 27.5 Å². The molecule has 0 fully saturated rings. The van der Waals surface area contributed by atoms with Crippen LogP contribution in [-0.4, -0.2) is 36.2 Å². The number of thiazole rings is 1. The molecule has 0 radical (unpaired) electrons. The van der Waals surface area contributed by atoms with E-state index in [1.54, 1.807) is 35.6 Å². The number of hydrogen-bond donors (Lipinski definition) is 2. The van der Waals surface area contributed by atoms with E-state index >= 15 is 0 Å². The summed E-state index contributed by atoms with van der Waals surface area (Å²) in [5, 5.41) is 14.6. The lowest BCUT2D eigenvalue weighted by molar-refractivity contribution is -0.137. The molecule has 4 rings (SSSR count). The highest BCUT2D eigenvalue weighted by Crippen LogP contribution is 2.13. The van der Waals surface area contributed by atoms with Crippen LogP contribution in [0.25, 0.3) is 12.2 Å². The SMILES string of the molecule is Cc1nc2c(s1)=CC(Nc1nc(=O)n(CC(=O)O)c(=O)n1Cc1ccc(Cl)cc1)CC=2. The van der Waals surface area contributed by atoms with Crippen molar-refractivity contribution in [3.05, 3.63) is 70.7 Å². The van der Waals surface area contributed by atoms with E-state index in [-0.39, 0.29) is 18.5 Å². The van der Waals surface area contributed by atoms with E-state index in [4.69, 9.17) is 16.7 Å². The molecule has 1 atom stereocenters. The van der Waals surface area contributed by atoms with Crippen LogP contribution < -0.4 is 26.6 Å². The first-order valence-electron chi connectivity index (χ1n) is 9.40. The molecule has 0 saturated heterocycles. The number of aliphatic carboxylic acids is 1. The van der Waals surface area contributed by atoms with Gasteiger partial charge in [0.15, 0.2) is 0 Å². The molecule has 31 heavy (non-hydrogen) atoms. The second-order valence-corrected chi connectivity index (χ2v) is 8.70. The van der Waals surface area contributed by atoms with Crippen LogP contribution in [0.4, 0.5) is 5.95 Å². The molecule has 2 heterocycles. The highest BCUT2D eigenvalue weighted by Gasteiger charge is 2.18. The predicted molar refractivity (Wildman–Crippen MR) is 118 cm³/mol. The molecule has 2 N–H and O–H groups in total. The van der Waals surface area contributed by atoms with E-state index in [1.165, 1.54) is 4.57 Å². The van der Waals surface area contributed by atoms with Gasteiger partial charge in [0, 0.05) is 5.02 Å². The summed E-state index contributed by atoms with van der Waals surface area (Å²) in [7, 11) is 0. The van der Waals surface area contributed by atoms with Crippen molar-refractivity contribution in [1.29, 1.82) is 0 Å². The van der Waals surface area contributed by atoms with E-state index in [1.807, 2.05) is 19.1 Å². The number of rotatable bonds is 6. The van der Waals surface area contributed by atoms with Crippen molar-refractivity contribution in [2.45, 2.75) is 32.5 Å². The van der Waals surface area contributed by atoms with Gasteiger partial charge in [0.1, 0.15) is 6.54 Å². The second-order valence-electron chi connectivity index (χ2n) is 7.03. The number of carboxylic acids is 1. The monoisotopic (exact) mass is 459 g/mol. The van der Waals surface area contributed by atoms with Gasteiger partial charge in [-0.05, 0) is 37.1 Å². The average molecular weight is 460 g/mol. The van der Waals surface area contributed by atoms with Crippen LogP contribution in [0, 0.1) is 6.92 Å². The Labute approximate surface area is 184 Å². The molecule has 1 aliphatic rings. The lowest BCUT2D eigenvalue weighted by Crippen LogP contribution is -2.45. The molecule has 0 bridgehead atoms. The molecule has 11 heteroatoms. The lowest BCUT2D eigenvalue weighted by atomic mass is 10.1. The molecule has 1 aromatic carbocycles. The minimum atomic E-state index is -1.30. The first kappa shape index (κ1) is 21.0. The normalized spacial score (nSPS) is 15.0. The molecular weight excluding hydrogens is 442 g/mol. The van der Waals surface area contributed by atoms with E-state index in [2.05, 4.69) is 15.3 Å². The fourth-order valence-electron chi connectivity index (χ4n) is 3.31. The van der Waals surface area contributed by atoms with E-state index in [9.17, 15) is 14.4 Å². The van der Waals surface area contributed by atoms with Crippen LogP contribution in [0.1, 0.15) is 17.0 Å². The summed E-state index contributed by atoms with van der Waals surface area (Å²) in [5.41, 5.74) is -0.929. The van der Waals surface area contributed by atoms with Crippen molar-refractivity contribution >= 4 is 47.0 Å². The van der Waals surface area contributed by atoms with Gasteiger partial charge in [-0.25, -0.2) is 19.1 Å². The minimum Gasteiger partial charge on any atom is -0.480 e. The van der Waals surface area contributed by atoms with E-state index < -0.39 is 23.9 Å². The predicted octanol–water partition coefficient (Wildman–Crippen LogP) is 0.402. The summed E-state index contributed by atoms with van der Waals surface area (Å²) in [6.45, 7) is 1.26. The number of anilines is 1. The summed E-state index contributed by atoms with van der Waals surface area (Å²) < 4.78 is 2.87. The smallest absolute Gasteiger partial charge is 0.355 e. The highest BCUT2D eigenvalue weighted by molar-refractivity contribution is 7.09. The zero-order valence-electron chi connectivity index (χ0n) is 16.4. The Morgan fingerprint density at radius 2 is 2.00 bits per heavy atom. The number of carboxylic acid groups (broad SMARTS) is 1. The van der Waals surface area contributed by atoms with Crippen LogP contribution in [0.2, 0.25) is 5.02 Å². The summed E-state index contributed by atoms with van der Waals surface area (Å²) in [6, 6.07) is 6.67. The topological polar surface area (TPSA) is 119 Å². The molecular formula is C20H18ClN5O4S. The fraction of sp³-hybridized carbons (Fsp3) is 0.250. The zero-order valence-corrected chi connectivity index (χ0v) is 18.0. The van der Waals surface area contributed by atoms with Crippen LogP contribution in [0.3, 0.4) is 0 Å². The number of halogens is 1. The number of hydrogen-bond acceptors (Lipinski definition) is 7. The summed E-state index contributed by atoms with van der Waals surface area (Å²) >= 11 is 7.49. The van der Waals surface area contributed by atoms with Crippen LogP contribution in [0.5, 0.6) is 0 Å². The molecule has 0 aliphatic heterocycles. The van der Waals surface area contributed by atoms with Crippen LogP contribution in [0.15, 0.2) is 33.9 Å². The van der Waals surface area contributed by atoms with Crippen molar-refractivity contribution in [2.75, 3.05) is 5.32 Å². The molecule has 0 amide bonds. The molecule has 9 nitrogen and oxygen atoms in total. The van der Waals surface area contributed by atoms with Gasteiger partial charge < -0.3 is 10.4 Å². The highest BCUT2D eigenvalue weighted by atomic mass is 35.5. The molecule has 0 saturated carbocycles. The zero-order chi connectivity index (χ0) is 22.1. The minimum absolute atomic E-state index is 0.0749. The molecule has 2 aromatic heterocycles. The largest absolute Gasteiger partial charge is 0.480 e. The van der Waals surface area contributed by atoms with Crippen molar-refractivity contribution in [1.82, 2.24) is 19.1 Å². The first-order chi connectivity index (χ1) is 14.8. The van der Waals surface area contributed by atoms with Crippen molar-refractivity contribution in [3.8, 4) is 0 Å². The van der Waals surface area contributed by atoms with Gasteiger partial charge >= 0.3 is 17.3 Å². The fourth-order valence-corrected chi connectivity index (χ4v) is 4.36. The lowest BCUT2D eigenvalue weighted by Gasteiger charge is -2.19. The van der Waals surface area contributed by atoms with Crippen molar-refractivity contribution in [3.63, 3.8) is 0 Å². The maximum absolute atomic E-state index is 13.0. The summed E-state index contributed by atoms with van der Waals surface area (Å²) in [6.07, 6.45) is 4.58. The number of benzene rings is 1. The Bertz CT molecular complexity index is 1390. The average Bonchev–Trinajstić information content (AvgIpc) is 3.09. The number of aromatic nitrogens is 4. The number of nitrogens with one attached hydrogen (secondary N) is 1. The molecule has 1 aliphatic carbocycles. The standard InChI is InChI=1S/C20H18ClN5O4S/c1-11-22-15-7-6-14(8-16(15)31-11)23-18-24-19(29)26(10-17(27)28)20(30)25(18)9-12-2-4-13(21)5-3-12/h2-5,7-8,14H,6,9-10H2,1H3,(H,27,28)(H,23,24,29). The second kappa shape index (κ2) is 8.48. The quantitative estimate of drug-likeness (QED) is 0.547. The molecule has 0 spiro atoms. The van der Waals surface area contributed by atoms with Crippen molar-refractivity contribution in [2.24, 2.45) is 0 Å². The number of carbonyl (C=O) groups is 1. The summed E-state index contributed by atoms with van der Waals surface area (Å²) in [4.78, 5) is 44.9. The Kier molecular flexibility index (Phi) is 5.75. The molecule has 1 unspecified atom stereocenters. The number of nitrogens with zero attached hydrogens (tertiary/aromatic N) is 4. The van der Waals surface area contributed by atoms with E-state index in [0.29, 0.717) is 16.0 Å². The Balaban J connectivity index is 1.76. The van der Waals surface area contributed by atoms with Gasteiger partial charge in [0.2, 0.25) is 5.95 Å². The Hall–Kier alpha value is -3.24. The van der Waals surface area contributed by atoms with Gasteiger partial charge in [-0.2, -0.15) is 4.98 Å². The maximum atomic E-state index is 13.0. The third-order valence-electron chi connectivity index (χ3n) is 4.72. The van der Waals surface area contributed by atoms with E-state index in [0.717, 1.165) is 20.5 Å². The molecule has 160 valence electrons. The summed E-state index contributed by atoms with van der Waals surface area (Å²) in [5.74, 6) is -1.23. The molecule has 3 aromatic rings. The Morgan fingerprint density at radius 3 is 2.71 bits per heavy atom. The van der Waals surface area contributed by atoms with Gasteiger partial charge in [-0.3, -0.25) is 9.36 Å². The van der Waals surface area contributed by atoms with Gasteiger partial charge in [0.25, 0.3) is 0 Å². The third kappa shape index (κ3) is 4.59. The number of fused-ring (bicyclic) bond motifs is 1. The van der Waals surface area contributed by atoms with Crippen LogP contribution in [-0.2, 0) is 17.9 Å².